The number of hydrogen-bond acceptors (Lipinski definition) is 5. The lowest BCUT2D eigenvalue weighted by atomic mass is 10.0. The highest BCUT2D eigenvalue weighted by molar-refractivity contribution is 7.17. The summed E-state index contributed by atoms with van der Waals surface area (Å²) in [7, 11) is 0. The number of amides is 2. The number of H-pyrrole nitrogens is 1. The molecule has 0 spiro atoms. The predicted molar refractivity (Wildman–Crippen MR) is 148 cm³/mol. The molecule has 7 nitrogen and oxygen atoms in total. The number of benzene rings is 2. The smallest absolute Gasteiger partial charge is 0.268 e. The Morgan fingerprint density at radius 3 is 2.62 bits per heavy atom. The van der Waals surface area contributed by atoms with E-state index in [1.807, 2.05) is 66.9 Å². The molecule has 0 fully saturated rings. The van der Waals surface area contributed by atoms with Gasteiger partial charge in [-0.05, 0) is 58.6 Å². The molecule has 37 heavy (non-hydrogen) atoms. The Kier molecular flexibility index (Phi) is 7.00. The number of nitrogens with zero attached hydrogens (tertiary/aromatic N) is 1. The molecule has 0 aliphatic heterocycles. The van der Waals surface area contributed by atoms with Crippen LogP contribution in [0.15, 0.2) is 84.4 Å². The van der Waals surface area contributed by atoms with Gasteiger partial charge < -0.3 is 21.4 Å². The minimum atomic E-state index is -0.765. The molecule has 1 atom stereocenters. The Morgan fingerprint density at radius 1 is 1.03 bits per heavy atom. The van der Waals surface area contributed by atoms with E-state index in [0.717, 1.165) is 38.0 Å². The highest BCUT2D eigenvalue weighted by atomic mass is 32.1. The third kappa shape index (κ3) is 5.70. The van der Waals surface area contributed by atoms with E-state index in [2.05, 4.69) is 26.7 Å². The van der Waals surface area contributed by atoms with E-state index < -0.39 is 6.04 Å². The zero-order valence-corrected chi connectivity index (χ0v) is 21.1. The predicted octanol–water partition coefficient (Wildman–Crippen LogP) is 4.84. The minimum Gasteiger partial charge on any atom is -0.384 e. The van der Waals surface area contributed by atoms with E-state index in [1.165, 1.54) is 0 Å². The lowest BCUT2D eigenvalue weighted by Gasteiger charge is -2.18. The van der Waals surface area contributed by atoms with Crippen molar-refractivity contribution in [3.05, 3.63) is 107 Å². The number of thiophene rings is 1. The number of carbonyl (C=O) groups is 2. The summed E-state index contributed by atoms with van der Waals surface area (Å²) in [6, 6.07) is 22.5. The summed E-state index contributed by atoms with van der Waals surface area (Å²) in [4.78, 5) is 33.8. The van der Waals surface area contributed by atoms with Crippen LogP contribution in [0.4, 0.5) is 5.82 Å². The normalized spacial score (nSPS) is 11.8. The first kappa shape index (κ1) is 24.3. The van der Waals surface area contributed by atoms with Crippen molar-refractivity contribution in [3.63, 3.8) is 0 Å². The Balaban J connectivity index is 1.35. The first-order chi connectivity index (χ1) is 18.0. The molecule has 0 unspecified atom stereocenters. The van der Waals surface area contributed by atoms with E-state index in [-0.39, 0.29) is 18.4 Å². The summed E-state index contributed by atoms with van der Waals surface area (Å²) < 4.78 is 1.14. The number of carbonyl (C=O) groups excluding carboxylic acids is 2. The summed E-state index contributed by atoms with van der Waals surface area (Å²) in [5.41, 5.74) is 10.9. The summed E-state index contributed by atoms with van der Waals surface area (Å²) in [5, 5.41) is 9.01. The summed E-state index contributed by atoms with van der Waals surface area (Å²) >= 11 is 1.63. The molecular weight excluding hydrogens is 482 g/mol. The number of aromatic nitrogens is 2. The molecule has 0 aliphatic rings. The van der Waals surface area contributed by atoms with Crippen molar-refractivity contribution >= 4 is 39.1 Å². The maximum Gasteiger partial charge on any atom is 0.268 e. The average molecular weight is 510 g/mol. The van der Waals surface area contributed by atoms with E-state index in [0.29, 0.717) is 17.9 Å². The number of nitrogen functional groups attached to an aromatic ring is 1. The molecule has 0 bridgehead atoms. The van der Waals surface area contributed by atoms with Crippen LogP contribution in [-0.4, -0.2) is 27.8 Å². The van der Waals surface area contributed by atoms with Gasteiger partial charge in [0.1, 0.15) is 17.6 Å². The second-order valence-corrected chi connectivity index (χ2v) is 9.86. The quantitative estimate of drug-likeness (QED) is 0.240. The number of aromatic amines is 1. The number of rotatable bonds is 8. The summed E-state index contributed by atoms with van der Waals surface area (Å²) in [6.45, 7) is 2.31. The summed E-state index contributed by atoms with van der Waals surface area (Å²) in [5.74, 6) is -0.196. The molecule has 0 aliphatic carbocycles. The SMILES string of the molecule is Cc1ccc(-c2ccc(C(=O)N[C@@H](Cc3csc4ccccc34)C(=O)NCc3ccc(N)nc3)[nH]2)cc1. The number of aryl methyl sites for hydroxylation is 1. The Hall–Kier alpha value is -4.43. The van der Waals surface area contributed by atoms with Crippen molar-refractivity contribution < 1.29 is 9.59 Å². The van der Waals surface area contributed by atoms with Gasteiger partial charge in [-0.15, -0.1) is 11.3 Å². The van der Waals surface area contributed by atoms with Crippen LogP contribution in [0.3, 0.4) is 0 Å². The molecule has 2 aromatic carbocycles. The Labute approximate surface area is 218 Å². The average Bonchev–Trinajstić information content (AvgIpc) is 3.56. The van der Waals surface area contributed by atoms with Crippen LogP contribution in [0.25, 0.3) is 21.3 Å². The second-order valence-electron chi connectivity index (χ2n) is 8.95. The van der Waals surface area contributed by atoms with E-state index >= 15 is 0 Å². The zero-order chi connectivity index (χ0) is 25.8. The summed E-state index contributed by atoms with van der Waals surface area (Å²) in [6.07, 6.45) is 1.99. The molecule has 3 heterocycles. The third-order valence-corrected chi connectivity index (χ3v) is 7.23. The molecule has 8 heteroatoms. The molecule has 5 rings (SSSR count). The number of nitrogens with two attached hydrogens (primary N) is 1. The number of nitrogens with one attached hydrogen (secondary N) is 3. The van der Waals surface area contributed by atoms with Crippen molar-refractivity contribution in [1.29, 1.82) is 0 Å². The first-order valence-corrected chi connectivity index (χ1v) is 12.8. The molecule has 3 aromatic heterocycles. The van der Waals surface area contributed by atoms with Gasteiger partial charge in [0, 0.05) is 29.6 Å². The third-order valence-electron chi connectivity index (χ3n) is 6.21. The van der Waals surface area contributed by atoms with Gasteiger partial charge in [0.15, 0.2) is 0 Å². The van der Waals surface area contributed by atoms with Gasteiger partial charge in [0.05, 0.1) is 0 Å². The van der Waals surface area contributed by atoms with Crippen LogP contribution in [0.2, 0.25) is 0 Å². The maximum atomic E-state index is 13.3. The lowest BCUT2D eigenvalue weighted by Crippen LogP contribution is -2.47. The van der Waals surface area contributed by atoms with Crippen LogP contribution in [0.5, 0.6) is 0 Å². The second kappa shape index (κ2) is 10.7. The molecule has 0 saturated carbocycles. The van der Waals surface area contributed by atoms with Crippen molar-refractivity contribution in [2.24, 2.45) is 0 Å². The van der Waals surface area contributed by atoms with Gasteiger partial charge >= 0.3 is 0 Å². The molecule has 5 N–H and O–H groups in total. The Morgan fingerprint density at radius 2 is 1.84 bits per heavy atom. The topological polar surface area (TPSA) is 113 Å². The van der Waals surface area contributed by atoms with Crippen molar-refractivity contribution in [2.75, 3.05) is 5.73 Å². The fourth-order valence-electron chi connectivity index (χ4n) is 4.14. The Bertz CT molecular complexity index is 1540. The first-order valence-electron chi connectivity index (χ1n) is 12.0. The van der Waals surface area contributed by atoms with Crippen molar-refractivity contribution in [1.82, 2.24) is 20.6 Å². The molecule has 0 saturated heterocycles. The molecule has 0 radical (unpaired) electrons. The fraction of sp³-hybridized carbons (Fsp3) is 0.138. The van der Waals surface area contributed by atoms with Crippen LogP contribution in [-0.2, 0) is 17.8 Å². The number of pyridine rings is 1. The monoisotopic (exact) mass is 509 g/mol. The van der Waals surface area contributed by atoms with Crippen LogP contribution < -0.4 is 16.4 Å². The number of anilines is 1. The largest absolute Gasteiger partial charge is 0.384 e. The lowest BCUT2D eigenvalue weighted by molar-refractivity contribution is -0.123. The van der Waals surface area contributed by atoms with E-state index in [4.69, 9.17) is 5.73 Å². The zero-order valence-electron chi connectivity index (χ0n) is 20.3. The van der Waals surface area contributed by atoms with Crippen LogP contribution >= 0.6 is 11.3 Å². The van der Waals surface area contributed by atoms with Gasteiger partial charge in [-0.1, -0.05) is 54.1 Å². The number of hydrogen-bond donors (Lipinski definition) is 4. The van der Waals surface area contributed by atoms with E-state index in [9.17, 15) is 9.59 Å². The minimum absolute atomic E-state index is 0.272. The van der Waals surface area contributed by atoms with Gasteiger partial charge in [-0.3, -0.25) is 9.59 Å². The van der Waals surface area contributed by atoms with Gasteiger partial charge in [0.2, 0.25) is 5.91 Å². The van der Waals surface area contributed by atoms with Crippen molar-refractivity contribution in [3.8, 4) is 11.3 Å². The highest BCUT2D eigenvalue weighted by Crippen LogP contribution is 2.27. The van der Waals surface area contributed by atoms with E-state index in [1.54, 1.807) is 29.7 Å². The van der Waals surface area contributed by atoms with Crippen molar-refractivity contribution in [2.45, 2.75) is 25.9 Å². The molecule has 2 amide bonds. The molecule has 186 valence electrons. The highest BCUT2D eigenvalue weighted by Gasteiger charge is 2.24. The molecule has 5 aromatic rings. The maximum absolute atomic E-state index is 13.3. The number of fused-ring (bicyclic) bond motifs is 1. The van der Waals surface area contributed by atoms with Gasteiger partial charge in [-0.2, -0.15) is 0 Å². The standard InChI is InChI=1S/C29H27N5O2S/c1-18-6-9-20(10-7-18)23-11-12-24(33-23)29(36)34-25(14-21-17-37-26-5-3-2-4-22(21)26)28(35)32-16-19-8-13-27(30)31-15-19/h2-13,15,17,25,33H,14,16H2,1H3,(H2,30,31)(H,32,35)(H,34,36)/t25-/m0/s1. The van der Waals surface area contributed by atoms with Crippen LogP contribution in [0.1, 0.15) is 27.2 Å². The fourth-order valence-corrected chi connectivity index (χ4v) is 5.11. The van der Waals surface area contributed by atoms with Gasteiger partial charge in [0.25, 0.3) is 5.91 Å². The van der Waals surface area contributed by atoms with Gasteiger partial charge in [-0.25, -0.2) is 4.98 Å². The van der Waals surface area contributed by atoms with Crippen LogP contribution in [0, 0.1) is 6.92 Å². The molecular formula is C29H27N5O2S.